The SMILES string of the molecule is CCC(Cc1ccccc1)N(C)C(=O)CN.Cl. The van der Waals surface area contributed by atoms with Gasteiger partial charge in [-0.15, -0.1) is 12.4 Å². The Bertz CT molecular complexity index is 329. The van der Waals surface area contributed by atoms with E-state index in [0.717, 1.165) is 12.8 Å². The van der Waals surface area contributed by atoms with E-state index in [0.29, 0.717) is 0 Å². The molecule has 0 saturated heterocycles. The lowest BCUT2D eigenvalue weighted by Gasteiger charge is -2.27. The van der Waals surface area contributed by atoms with Crippen LogP contribution in [0.15, 0.2) is 30.3 Å². The van der Waals surface area contributed by atoms with E-state index in [1.165, 1.54) is 5.56 Å². The fourth-order valence-corrected chi connectivity index (χ4v) is 1.79. The van der Waals surface area contributed by atoms with Gasteiger partial charge in [-0.05, 0) is 18.4 Å². The molecule has 0 heterocycles. The summed E-state index contributed by atoms with van der Waals surface area (Å²) in [6.45, 7) is 2.18. The van der Waals surface area contributed by atoms with Gasteiger partial charge in [-0.2, -0.15) is 0 Å². The van der Waals surface area contributed by atoms with Crippen LogP contribution in [0.2, 0.25) is 0 Å². The van der Waals surface area contributed by atoms with E-state index < -0.39 is 0 Å². The van der Waals surface area contributed by atoms with Crippen molar-refractivity contribution < 1.29 is 4.79 Å². The van der Waals surface area contributed by atoms with Crippen LogP contribution in [0.4, 0.5) is 0 Å². The number of hydrogen-bond donors (Lipinski definition) is 1. The Morgan fingerprint density at radius 3 is 2.41 bits per heavy atom. The van der Waals surface area contributed by atoms with E-state index in [1.807, 2.05) is 25.2 Å². The van der Waals surface area contributed by atoms with Crippen molar-refractivity contribution >= 4 is 18.3 Å². The van der Waals surface area contributed by atoms with Crippen LogP contribution in [0.1, 0.15) is 18.9 Å². The number of rotatable bonds is 5. The molecule has 3 nitrogen and oxygen atoms in total. The number of carbonyl (C=O) groups is 1. The van der Waals surface area contributed by atoms with Crippen molar-refractivity contribution in [3.63, 3.8) is 0 Å². The van der Waals surface area contributed by atoms with E-state index >= 15 is 0 Å². The van der Waals surface area contributed by atoms with Gasteiger partial charge in [0.2, 0.25) is 5.91 Å². The molecular weight excluding hydrogens is 236 g/mol. The summed E-state index contributed by atoms with van der Waals surface area (Å²) in [5.41, 5.74) is 6.62. The first-order chi connectivity index (χ1) is 7.69. The molecule has 96 valence electrons. The van der Waals surface area contributed by atoms with Crippen LogP contribution in [0.25, 0.3) is 0 Å². The van der Waals surface area contributed by atoms with Crippen molar-refractivity contribution in [3.8, 4) is 0 Å². The molecule has 0 aliphatic heterocycles. The molecule has 1 aromatic carbocycles. The fourth-order valence-electron chi connectivity index (χ4n) is 1.79. The molecular formula is C13H21ClN2O. The third-order valence-electron chi connectivity index (χ3n) is 2.90. The molecule has 0 radical (unpaired) electrons. The predicted octanol–water partition coefficient (Wildman–Crippen LogP) is 1.85. The van der Waals surface area contributed by atoms with Crippen LogP contribution < -0.4 is 5.73 Å². The monoisotopic (exact) mass is 256 g/mol. The van der Waals surface area contributed by atoms with Crippen LogP contribution >= 0.6 is 12.4 Å². The van der Waals surface area contributed by atoms with Crippen LogP contribution in [0.3, 0.4) is 0 Å². The third kappa shape index (κ3) is 4.75. The maximum atomic E-state index is 11.5. The number of carbonyl (C=O) groups excluding carboxylic acids is 1. The first kappa shape index (κ1) is 15.9. The van der Waals surface area contributed by atoms with Gasteiger partial charge in [0, 0.05) is 13.1 Å². The molecule has 0 aromatic heterocycles. The van der Waals surface area contributed by atoms with Gasteiger partial charge < -0.3 is 10.6 Å². The Morgan fingerprint density at radius 1 is 1.35 bits per heavy atom. The molecule has 0 fully saturated rings. The quantitative estimate of drug-likeness (QED) is 0.874. The van der Waals surface area contributed by atoms with Crippen LogP contribution in [-0.2, 0) is 11.2 Å². The summed E-state index contributed by atoms with van der Waals surface area (Å²) in [5, 5.41) is 0. The van der Waals surface area contributed by atoms with Crippen LogP contribution in [-0.4, -0.2) is 30.4 Å². The van der Waals surface area contributed by atoms with Crippen LogP contribution in [0.5, 0.6) is 0 Å². The number of benzene rings is 1. The zero-order valence-electron chi connectivity index (χ0n) is 10.4. The molecule has 0 spiro atoms. The first-order valence-electron chi connectivity index (χ1n) is 5.68. The summed E-state index contributed by atoms with van der Waals surface area (Å²) in [6, 6.07) is 10.4. The number of likely N-dealkylation sites (N-methyl/N-ethyl adjacent to an activating group) is 1. The van der Waals surface area contributed by atoms with E-state index in [1.54, 1.807) is 4.90 Å². The van der Waals surface area contributed by atoms with Gasteiger partial charge in [0.15, 0.2) is 0 Å². The largest absolute Gasteiger partial charge is 0.341 e. The molecule has 2 N–H and O–H groups in total. The summed E-state index contributed by atoms with van der Waals surface area (Å²) in [7, 11) is 1.83. The Morgan fingerprint density at radius 2 is 1.94 bits per heavy atom. The average molecular weight is 257 g/mol. The molecule has 17 heavy (non-hydrogen) atoms. The van der Waals surface area contributed by atoms with Crippen molar-refractivity contribution in [3.05, 3.63) is 35.9 Å². The summed E-state index contributed by atoms with van der Waals surface area (Å²) in [5.74, 6) is 0.00258. The lowest BCUT2D eigenvalue weighted by atomic mass is 10.0. The lowest BCUT2D eigenvalue weighted by molar-refractivity contribution is -0.130. The molecule has 1 amide bonds. The summed E-state index contributed by atoms with van der Waals surface area (Å²) < 4.78 is 0. The minimum Gasteiger partial charge on any atom is -0.341 e. The summed E-state index contributed by atoms with van der Waals surface area (Å²) in [4.78, 5) is 13.3. The molecule has 0 aliphatic carbocycles. The highest BCUT2D eigenvalue weighted by Gasteiger charge is 2.17. The third-order valence-corrected chi connectivity index (χ3v) is 2.90. The van der Waals surface area contributed by atoms with Gasteiger partial charge in [0.1, 0.15) is 0 Å². The second-order valence-electron chi connectivity index (χ2n) is 3.96. The minimum atomic E-state index is 0. The number of amides is 1. The molecule has 0 bridgehead atoms. The Labute approximate surface area is 109 Å². The maximum Gasteiger partial charge on any atom is 0.236 e. The van der Waals surface area contributed by atoms with E-state index in [9.17, 15) is 4.79 Å². The lowest BCUT2D eigenvalue weighted by Crippen LogP contribution is -2.41. The van der Waals surface area contributed by atoms with E-state index in [-0.39, 0.29) is 30.9 Å². The molecule has 1 rings (SSSR count). The Hall–Kier alpha value is -1.06. The van der Waals surface area contributed by atoms with Crippen molar-refractivity contribution in [1.29, 1.82) is 0 Å². The second kappa shape index (κ2) is 8.09. The van der Waals surface area contributed by atoms with E-state index in [2.05, 4.69) is 19.1 Å². The fraction of sp³-hybridized carbons (Fsp3) is 0.462. The minimum absolute atomic E-state index is 0. The molecule has 1 atom stereocenters. The van der Waals surface area contributed by atoms with Gasteiger partial charge in [0.25, 0.3) is 0 Å². The molecule has 1 unspecified atom stereocenters. The van der Waals surface area contributed by atoms with Crippen molar-refractivity contribution in [2.45, 2.75) is 25.8 Å². The number of halogens is 1. The first-order valence-corrected chi connectivity index (χ1v) is 5.68. The second-order valence-corrected chi connectivity index (χ2v) is 3.96. The van der Waals surface area contributed by atoms with Gasteiger partial charge in [-0.25, -0.2) is 0 Å². The van der Waals surface area contributed by atoms with Gasteiger partial charge >= 0.3 is 0 Å². The smallest absolute Gasteiger partial charge is 0.236 e. The highest BCUT2D eigenvalue weighted by molar-refractivity contribution is 5.85. The van der Waals surface area contributed by atoms with Crippen molar-refractivity contribution in [2.75, 3.05) is 13.6 Å². The molecule has 0 aliphatic rings. The molecule has 0 saturated carbocycles. The highest BCUT2D eigenvalue weighted by atomic mass is 35.5. The highest BCUT2D eigenvalue weighted by Crippen LogP contribution is 2.10. The Kier molecular flexibility index (Phi) is 7.59. The number of nitrogens with zero attached hydrogens (tertiary/aromatic N) is 1. The summed E-state index contributed by atoms with van der Waals surface area (Å²) in [6.07, 6.45) is 1.83. The van der Waals surface area contributed by atoms with Gasteiger partial charge in [0.05, 0.1) is 6.54 Å². The maximum absolute atomic E-state index is 11.5. The van der Waals surface area contributed by atoms with E-state index in [4.69, 9.17) is 5.73 Å². The molecule has 1 aromatic rings. The predicted molar refractivity (Wildman–Crippen MR) is 73.3 cm³/mol. The standard InChI is InChI=1S/C13H20N2O.ClH/c1-3-12(15(2)13(16)10-14)9-11-7-5-4-6-8-11;/h4-8,12H,3,9-10,14H2,1-2H3;1H. The number of hydrogen-bond acceptors (Lipinski definition) is 2. The zero-order valence-corrected chi connectivity index (χ0v) is 11.2. The Balaban J connectivity index is 0.00000256. The van der Waals surface area contributed by atoms with Crippen LogP contribution in [0, 0.1) is 0 Å². The topological polar surface area (TPSA) is 46.3 Å². The average Bonchev–Trinajstić information content (AvgIpc) is 2.35. The summed E-state index contributed by atoms with van der Waals surface area (Å²) >= 11 is 0. The normalized spacial score (nSPS) is 11.5. The van der Waals surface area contributed by atoms with Crippen molar-refractivity contribution in [1.82, 2.24) is 4.90 Å². The molecule has 4 heteroatoms. The van der Waals surface area contributed by atoms with Gasteiger partial charge in [-0.1, -0.05) is 37.3 Å². The van der Waals surface area contributed by atoms with Crippen molar-refractivity contribution in [2.24, 2.45) is 5.73 Å². The van der Waals surface area contributed by atoms with Gasteiger partial charge in [-0.3, -0.25) is 4.79 Å². The zero-order chi connectivity index (χ0) is 12.0. The number of nitrogens with two attached hydrogens (primary N) is 1.